The van der Waals surface area contributed by atoms with E-state index in [1.807, 2.05) is 18.2 Å². The van der Waals surface area contributed by atoms with Crippen molar-refractivity contribution in [1.29, 1.82) is 5.26 Å². The topological polar surface area (TPSA) is 39.1 Å². The summed E-state index contributed by atoms with van der Waals surface area (Å²) >= 11 is 0. The van der Waals surface area contributed by atoms with Crippen LogP contribution in [0.25, 0.3) is 0 Å². The summed E-state index contributed by atoms with van der Waals surface area (Å²) in [5.74, 6) is 0. The van der Waals surface area contributed by atoms with Crippen LogP contribution in [0.1, 0.15) is 31.4 Å². The van der Waals surface area contributed by atoms with E-state index >= 15 is 0 Å². The van der Waals surface area contributed by atoms with Crippen LogP contribution >= 0.6 is 0 Å². The van der Waals surface area contributed by atoms with Crippen LogP contribution in [0, 0.1) is 11.3 Å². The van der Waals surface area contributed by atoms with Gasteiger partial charge in [0.05, 0.1) is 12.5 Å². The summed E-state index contributed by atoms with van der Waals surface area (Å²) in [7, 11) is 4.16. The molecule has 3 nitrogen and oxygen atoms in total. The van der Waals surface area contributed by atoms with Gasteiger partial charge in [0.15, 0.2) is 0 Å². The molecule has 1 rings (SSSR count). The molecular weight excluding hydrogens is 222 g/mol. The van der Waals surface area contributed by atoms with E-state index in [1.54, 1.807) is 0 Å². The molecule has 0 heterocycles. The Morgan fingerprint density at radius 3 is 2.50 bits per heavy atom. The summed E-state index contributed by atoms with van der Waals surface area (Å²) in [6.07, 6.45) is 1.60. The van der Waals surface area contributed by atoms with Crippen molar-refractivity contribution < 1.29 is 0 Å². The predicted octanol–water partition coefficient (Wildman–Crippen LogP) is 2.57. The maximum atomic E-state index is 8.93. The SMILES string of the molecule is CC(CCN(C)C)NC(CC#N)c1ccccc1. The molecule has 0 radical (unpaired) electrons. The van der Waals surface area contributed by atoms with Crippen molar-refractivity contribution in [1.82, 2.24) is 10.2 Å². The Kier molecular flexibility index (Phi) is 6.42. The highest BCUT2D eigenvalue weighted by Crippen LogP contribution is 2.17. The molecule has 98 valence electrons. The molecule has 18 heavy (non-hydrogen) atoms. The number of hydrogen-bond donors (Lipinski definition) is 1. The van der Waals surface area contributed by atoms with Gasteiger partial charge in [-0.15, -0.1) is 0 Å². The smallest absolute Gasteiger partial charge is 0.0641 e. The predicted molar refractivity (Wildman–Crippen MR) is 75.2 cm³/mol. The molecule has 0 bridgehead atoms. The maximum absolute atomic E-state index is 8.93. The summed E-state index contributed by atoms with van der Waals surface area (Å²) in [5.41, 5.74) is 1.19. The molecule has 0 aliphatic rings. The fourth-order valence-electron chi connectivity index (χ4n) is 1.93. The molecule has 0 aliphatic heterocycles. The largest absolute Gasteiger partial charge is 0.309 e. The molecule has 0 spiro atoms. The van der Waals surface area contributed by atoms with Gasteiger partial charge in [-0.3, -0.25) is 0 Å². The molecule has 0 saturated carbocycles. The van der Waals surface area contributed by atoms with Crippen molar-refractivity contribution in [2.24, 2.45) is 0 Å². The van der Waals surface area contributed by atoms with E-state index in [4.69, 9.17) is 5.26 Å². The highest BCUT2D eigenvalue weighted by atomic mass is 15.1. The summed E-state index contributed by atoms with van der Waals surface area (Å²) < 4.78 is 0. The lowest BCUT2D eigenvalue weighted by molar-refractivity contribution is 0.350. The summed E-state index contributed by atoms with van der Waals surface area (Å²) in [6, 6.07) is 13.0. The average Bonchev–Trinajstić information content (AvgIpc) is 2.37. The Hall–Kier alpha value is -1.37. The van der Waals surface area contributed by atoms with Gasteiger partial charge in [0.2, 0.25) is 0 Å². The first-order valence-electron chi connectivity index (χ1n) is 6.46. The molecule has 0 fully saturated rings. The second kappa shape index (κ2) is 7.86. The standard InChI is InChI=1S/C15H23N3/c1-13(10-12-18(2)3)17-15(9-11-16)14-7-5-4-6-8-14/h4-8,13,15,17H,9-10,12H2,1-3H3. The van der Waals surface area contributed by atoms with Gasteiger partial charge >= 0.3 is 0 Å². The molecule has 2 unspecified atom stereocenters. The zero-order valence-corrected chi connectivity index (χ0v) is 11.6. The number of benzene rings is 1. The minimum absolute atomic E-state index is 0.133. The fraction of sp³-hybridized carbons (Fsp3) is 0.533. The lowest BCUT2D eigenvalue weighted by Crippen LogP contribution is -2.33. The maximum Gasteiger partial charge on any atom is 0.0641 e. The first-order chi connectivity index (χ1) is 8.63. The molecule has 1 aromatic carbocycles. The van der Waals surface area contributed by atoms with Crippen molar-refractivity contribution in [3.05, 3.63) is 35.9 Å². The minimum atomic E-state index is 0.133. The molecule has 1 N–H and O–H groups in total. The number of nitriles is 1. The zero-order valence-electron chi connectivity index (χ0n) is 11.6. The Morgan fingerprint density at radius 1 is 1.28 bits per heavy atom. The van der Waals surface area contributed by atoms with E-state index in [9.17, 15) is 0 Å². The van der Waals surface area contributed by atoms with Gasteiger partial charge in [0, 0.05) is 12.1 Å². The van der Waals surface area contributed by atoms with E-state index in [1.165, 1.54) is 5.56 Å². The van der Waals surface area contributed by atoms with Crippen molar-refractivity contribution in [3.63, 3.8) is 0 Å². The van der Waals surface area contributed by atoms with Gasteiger partial charge in [-0.05, 0) is 39.5 Å². The molecule has 0 aliphatic carbocycles. The summed E-state index contributed by atoms with van der Waals surface area (Å²) in [4.78, 5) is 2.18. The average molecular weight is 245 g/mol. The number of nitrogens with one attached hydrogen (secondary N) is 1. The van der Waals surface area contributed by atoms with Crippen LogP contribution in [0.5, 0.6) is 0 Å². The van der Waals surface area contributed by atoms with E-state index in [-0.39, 0.29) is 6.04 Å². The highest BCUT2D eigenvalue weighted by molar-refractivity contribution is 5.20. The van der Waals surface area contributed by atoms with Gasteiger partial charge < -0.3 is 10.2 Å². The molecule has 0 aromatic heterocycles. The summed E-state index contributed by atoms with van der Waals surface area (Å²) in [6.45, 7) is 3.24. The minimum Gasteiger partial charge on any atom is -0.309 e. The van der Waals surface area contributed by atoms with Crippen molar-refractivity contribution in [2.75, 3.05) is 20.6 Å². The number of nitrogens with zero attached hydrogens (tertiary/aromatic N) is 2. The van der Waals surface area contributed by atoms with Gasteiger partial charge in [-0.1, -0.05) is 30.3 Å². The third-order valence-electron chi connectivity index (χ3n) is 2.99. The monoisotopic (exact) mass is 245 g/mol. The van der Waals surface area contributed by atoms with E-state index in [2.05, 4.69) is 49.4 Å². The fourth-order valence-corrected chi connectivity index (χ4v) is 1.93. The second-order valence-corrected chi connectivity index (χ2v) is 4.99. The highest BCUT2D eigenvalue weighted by Gasteiger charge is 2.13. The lowest BCUT2D eigenvalue weighted by Gasteiger charge is -2.23. The summed E-state index contributed by atoms with van der Waals surface area (Å²) in [5, 5.41) is 12.5. The normalized spacial score (nSPS) is 14.2. The first-order valence-corrected chi connectivity index (χ1v) is 6.46. The Balaban J connectivity index is 2.56. The third-order valence-corrected chi connectivity index (χ3v) is 2.99. The van der Waals surface area contributed by atoms with Crippen LogP contribution in [-0.2, 0) is 0 Å². The molecule has 0 saturated heterocycles. The van der Waals surface area contributed by atoms with E-state index < -0.39 is 0 Å². The lowest BCUT2D eigenvalue weighted by atomic mass is 10.0. The Labute approximate surface area is 110 Å². The molecular formula is C15H23N3. The van der Waals surface area contributed by atoms with Gasteiger partial charge in [0.25, 0.3) is 0 Å². The second-order valence-electron chi connectivity index (χ2n) is 4.99. The molecule has 3 heteroatoms. The van der Waals surface area contributed by atoms with Crippen LogP contribution in [0.3, 0.4) is 0 Å². The van der Waals surface area contributed by atoms with Crippen LogP contribution < -0.4 is 5.32 Å². The molecule has 2 atom stereocenters. The van der Waals surface area contributed by atoms with Crippen LogP contribution in [0.4, 0.5) is 0 Å². The van der Waals surface area contributed by atoms with Crippen molar-refractivity contribution in [3.8, 4) is 6.07 Å². The van der Waals surface area contributed by atoms with Crippen molar-refractivity contribution in [2.45, 2.75) is 31.8 Å². The van der Waals surface area contributed by atoms with Crippen LogP contribution in [0.2, 0.25) is 0 Å². The van der Waals surface area contributed by atoms with Crippen LogP contribution in [0.15, 0.2) is 30.3 Å². The van der Waals surface area contributed by atoms with Crippen LogP contribution in [-0.4, -0.2) is 31.6 Å². The van der Waals surface area contributed by atoms with E-state index in [0.717, 1.165) is 13.0 Å². The molecule has 0 amide bonds. The van der Waals surface area contributed by atoms with E-state index in [0.29, 0.717) is 12.5 Å². The third kappa shape index (κ3) is 5.31. The quantitative estimate of drug-likeness (QED) is 0.802. The Morgan fingerprint density at radius 2 is 1.94 bits per heavy atom. The zero-order chi connectivity index (χ0) is 13.4. The number of hydrogen-bond acceptors (Lipinski definition) is 3. The van der Waals surface area contributed by atoms with Gasteiger partial charge in [-0.2, -0.15) is 5.26 Å². The Bertz CT molecular complexity index is 367. The molecule has 1 aromatic rings. The first kappa shape index (κ1) is 14.7. The van der Waals surface area contributed by atoms with Gasteiger partial charge in [-0.25, -0.2) is 0 Å². The van der Waals surface area contributed by atoms with Crippen molar-refractivity contribution >= 4 is 0 Å². The number of rotatable bonds is 7. The van der Waals surface area contributed by atoms with Gasteiger partial charge in [0.1, 0.15) is 0 Å².